The van der Waals surface area contributed by atoms with Crippen LogP contribution < -0.4 is 5.32 Å². The molecule has 1 aromatic rings. The summed E-state index contributed by atoms with van der Waals surface area (Å²) in [6.45, 7) is 0.604. The molecule has 1 aromatic carbocycles. The lowest BCUT2D eigenvalue weighted by molar-refractivity contribution is -0.124. The van der Waals surface area contributed by atoms with Gasteiger partial charge in [-0.25, -0.2) is 0 Å². The molecule has 3 nitrogen and oxygen atoms in total. The molecule has 0 spiro atoms. The van der Waals surface area contributed by atoms with Crippen LogP contribution in [-0.2, 0) is 16.1 Å². The second-order valence-electron chi connectivity index (χ2n) is 4.80. The molecular weight excluding hydrogens is 294 g/mol. The van der Waals surface area contributed by atoms with E-state index in [1.165, 1.54) is 0 Å². The highest BCUT2D eigenvalue weighted by molar-refractivity contribution is 9.10. The molecule has 1 N–H and O–H groups in total. The molecule has 98 valence electrons. The zero-order chi connectivity index (χ0) is 13.0. The van der Waals surface area contributed by atoms with Gasteiger partial charge in [-0.15, -0.1) is 0 Å². The van der Waals surface area contributed by atoms with Crippen molar-refractivity contribution < 1.29 is 9.53 Å². The monoisotopic (exact) mass is 311 g/mol. The minimum atomic E-state index is 0.137. The van der Waals surface area contributed by atoms with Crippen molar-refractivity contribution in [1.29, 1.82) is 0 Å². The predicted octanol–water partition coefficient (Wildman–Crippen LogP) is 2.88. The number of carbonyl (C=O) groups is 1. The van der Waals surface area contributed by atoms with Gasteiger partial charge >= 0.3 is 0 Å². The Balaban J connectivity index is 1.67. The van der Waals surface area contributed by atoms with Gasteiger partial charge in [0, 0.05) is 24.5 Å². The van der Waals surface area contributed by atoms with Crippen molar-refractivity contribution in [2.75, 3.05) is 7.11 Å². The molecule has 1 saturated carbocycles. The maximum atomic E-state index is 11.7. The minimum Gasteiger partial charge on any atom is -0.381 e. The van der Waals surface area contributed by atoms with Crippen LogP contribution in [0.15, 0.2) is 28.7 Å². The van der Waals surface area contributed by atoms with E-state index in [4.69, 9.17) is 4.74 Å². The first-order chi connectivity index (χ1) is 8.67. The van der Waals surface area contributed by atoms with E-state index in [1.807, 2.05) is 24.3 Å². The molecule has 0 aromatic heterocycles. The Morgan fingerprint density at radius 2 is 2.06 bits per heavy atom. The number of halogens is 1. The van der Waals surface area contributed by atoms with Crippen LogP contribution in [0.2, 0.25) is 0 Å². The average molecular weight is 312 g/mol. The van der Waals surface area contributed by atoms with Gasteiger partial charge in [0.15, 0.2) is 0 Å². The number of carbonyl (C=O) groups excluding carboxylic acids is 1. The zero-order valence-electron chi connectivity index (χ0n) is 10.5. The van der Waals surface area contributed by atoms with Crippen molar-refractivity contribution in [3.8, 4) is 0 Å². The van der Waals surface area contributed by atoms with Crippen LogP contribution >= 0.6 is 15.9 Å². The van der Waals surface area contributed by atoms with Gasteiger partial charge < -0.3 is 10.1 Å². The van der Waals surface area contributed by atoms with Gasteiger partial charge in [-0.3, -0.25) is 4.79 Å². The third-order valence-electron chi connectivity index (χ3n) is 3.40. The van der Waals surface area contributed by atoms with Crippen molar-refractivity contribution in [1.82, 2.24) is 5.32 Å². The molecule has 1 aliphatic carbocycles. The van der Waals surface area contributed by atoms with E-state index in [-0.39, 0.29) is 5.91 Å². The Hall–Kier alpha value is -0.870. The first-order valence-electron chi connectivity index (χ1n) is 6.21. The highest BCUT2D eigenvalue weighted by Crippen LogP contribution is 2.32. The van der Waals surface area contributed by atoms with Gasteiger partial charge in [-0.05, 0) is 36.5 Å². The van der Waals surface area contributed by atoms with Crippen LogP contribution in [0.5, 0.6) is 0 Å². The topological polar surface area (TPSA) is 38.3 Å². The van der Waals surface area contributed by atoms with Crippen LogP contribution in [-0.4, -0.2) is 19.1 Å². The highest BCUT2D eigenvalue weighted by Gasteiger charge is 2.30. The maximum Gasteiger partial charge on any atom is 0.220 e. The Kier molecular flexibility index (Phi) is 4.78. The fourth-order valence-corrected chi connectivity index (χ4v) is 2.44. The summed E-state index contributed by atoms with van der Waals surface area (Å²) in [6, 6.07) is 7.98. The summed E-state index contributed by atoms with van der Waals surface area (Å²) in [7, 11) is 1.73. The number of nitrogens with one attached hydrogen (secondary N) is 1. The molecule has 1 aliphatic rings. The van der Waals surface area contributed by atoms with Gasteiger partial charge in [-0.1, -0.05) is 28.1 Å². The van der Waals surface area contributed by atoms with Gasteiger partial charge in [-0.2, -0.15) is 0 Å². The SMILES string of the molecule is COC1CC(CC(=O)NCc2ccc(Br)cc2)C1. The summed E-state index contributed by atoms with van der Waals surface area (Å²) in [5.41, 5.74) is 1.12. The number of hydrogen-bond acceptors (Lipinski definition) is 2. The molecule has 0 atom stereocenters. The second kappa shape index (κ2) is 6.34. The van der Waals surface area contributed by atoms with Crippen molar-refractivity contribution in [2.45, 2.75) is 31.9 Å². The molecule has 0 bridgehead atoms. The summed E-state index contributed by atoms with van der Waals surface area (Å²) in [5.74, 6) is 0.636. The standard InChI is InChI=1S/C14H18BrNO2/c1-18-13-6-11(7-13)8-14(17)16-9-10-2-4-12(15)5-3-10/h2-5,11,13H,6-9H2,1H3,(H,16,17). The Bertz CT molecular complexity index is 399. The van der Waals surface area contributed by atoms with Gasteiger partial charge in [0.05, 0.1) is 6.10 Å². The van der Waals surface area contributed by atoms with E-state index in [2.05, 4.69) is 21.2 Å². The van der Waals surface area contributed by atoms with Crippen molar-refractivity contribution in [2.24, 2.45) is 5.92 Å². The summed E-state index contributed by atoms with van der Waals surface area (Å²) < 4.78 is 6.26. The van der Waals surface area contributed by atoms with Gasteiger partial charge in [0.25, 0.3) is 0 Å². The molecule has 4 heteroatoms. The molecule has 0 aliphatic heterocycles. The normalized spacial score (nSPS) is 22.3. The lowest BCUT2D eigenvalue weighted by Crippen LogP contribution is -2.34. The van der Waals surface area contributed by atoms with E-state index in [0.717, 1.165) is 22.9 Å². The van der Waals surface area contributed by atoms with Crippen molar-refractivity contribution in [3.05, 3.63) is 34.3 Å². The van der Waals surface area contributed by atoms with Crippen LogP contribution in [0.3, 0.4) is 0 Å². The lowest BCUT2D eigenvalue weighted by Gasteiger charge is -2.33. The van der Waals surface area contributed by atoms with Crippen molar-refractivity contribution in [3.63, 3.8) is 0 Å². The molecule has 0 heterocycles. The molecule has 0 radical (unpaired) electrons. The fourth-order valence-electron chi connectivity index (χ4n) is 2.17. The van der Waals surface area contributed by atoms with Crippen LogP contribution in [0.4, 0.5) is 0 Å². The zero-order valence-corrected chi connectivity index (χ0v) is 12.1. The number of methoxy groups -OCH3 is 1. The molecule has 0 saturated heterocycles. The Labute approximate surface area is 116 Å². The van der Waals surface area contributed by atoms with Gasteiger partial charge in [0.2, 0.25) is 5.91 Å². The summed E-state index contributed by atoms with van der Waals surface area (Å²) in [6.07, 6.45) is 3.02. The number of benzene rings is 1. The van der Waals surface area contributed by atoms with E-state index in [9.17, 15) is 4.79 Å². The maximum absolute atomic E-state index is 11.7. The first-order valence-corrected chi connectivity index (χ1v) is 7.00. The quantitative estimate of drug-likeness (QED) is 0.908. The largest absolute Gasteiger partial charge is 0.381 e. The first kappa shape index (κ1) is 13.6. The number of ether oxygens (including phenoxy) is 1. The Morgan fingerprint density at radius 3 is 2.67 bits per heavy atom. The highest BCUT2D eigenvalue weighted by atomic mass is 79.9. The van der Waals surface area contributed by atoms with Crippen molar-refractivity contribution >= 4 is 21.8 Å². The Morgan fingerprint density at radius 1 is 1.39 bits per heavy atom. The molecule has 2 rings (SSSR count). The second-order valence-corrected chi connectivity index (χ2v) is 5.72. The van der Waals surface area contributed by atoms with Crippen LogP contribution in [0.1, 0.15) is 24.8 Å². The number of amides is 1. The number of hydrogen-bond donors (Lipinski definition) is 1. The molecule has 1 fully saturated rings. The molecular formula is C14H18BrNO2. The molecule has 18 heavy (non-hydrogen) atoms. The molecule has 0 unspecified atom stereocenters. The third-order valence-corrected chi connectivity index (χ3v) is 3.93. The minimum absolute atomic E-state index is 0.137. The van der Waals surface area contributed by atoms with E-state index >= 15 is 0 Å². The van der Waals surface area contributed by atoms with E-state index < -0.39 is 0 Å². The smallest absolute Gasteiger partial charge is 0.220 e. The third kappa shape index (κ3) is 3.82. The van der Waals surface area contributed by atoms with Crippen LogP contribution in [0, 0.1) is 5.92 Å². The predicted molar refractivity (Wildman–Crippen MR) is 74.1 cm³/mol. The van der Waals surface area contributed by atoms with E-state index in [1.54, 1.807) is 7.11 Å². The summed E-state index contributed by atoms with van der Waals surface area (Å²) in [5, 5.41) is 2.96. The average Bonchev–Trinajstić information content (AvgIpc) is 2.32. The molecule has 1 amide bonds. The fraction of sp³-hybridized carbons (Fsp3) is 0.500. The summed E-state index contributed by atoms with van der Waals surface area (Å²) in [4.78, 5) is 11.7. The lowest BCUT2D eigenvalue weighted by atomic mass is 9.80. The number of rotatable bonds is 5. The summed E-state index contributed by atoms with van der Waals surface area (Å²) >= 11 is 3.39. The van der Waals surface area contributed by atoms with Crippen LogP contribution in [0.25, 0.3) is 0 Å². The van der Waals surface area contributed by atoms with Gasteiger partial charge in [0.1, 0.15) is 0 Å². The van der Waals surface area contributed by atoms with E-state index in [0.29, 0.717) is 25.0 Å².